The van der Waals surface area contributed by atoms with Crippen molar-refractivity contribution in [3.05, 3.63) is 29.8 Å². The van der Waals surface area contributed by atoms with Crippen molar-refractivity contribution in [2.45, 2.75) is 39.0 Å². The summed E-state index contributed by atoms with van der Waals surface area (Å²) in [5.41, 5.74) is 1.21. The van der Waals surface area contributed by atoms with Gasteiger partial charge < -0.3 is 15.4 Å². The smallest absolute Gasteiger partial charge is 0.190 e. The Labute approximate surface area is 152 Å². The second kappa shape index (κ2) is 13.7. The van der Waals surface area contributed by atoms with E-state index in [0.29, 0.717) is 0 Å². The molecule has 0 heterocycles. The van der Waals surface area contributed by atoms with Crippen molar-refractivity contribution in [3.8, 4) is 5.75 Å². The molecule has 0 atom stereocenters. The highest BCUT2D eigenvalue weighted by Gasteiger charge is 2.02. The van der Waals surface area contributed by atoms with Gasteiger partial charge in [-0.1, -0.05) is 44.4 Å². The number of ether oxygens (including phenoxy) is 1. The largest absolute Gasteiger partial charge is 0.496 e. The molecule has 2 N–H and O–H groups in total. The van der Waals surface area contributed by atoms with Crippen LogP contribution in [-0.4, -0.2) is 33.2 Å². The predicted octanol–water partition coefficient (Wildman–Crippen LogP) is 3.60. The average Bonchev–Trinajstić information content (AvgIpc) is 2.53. The average molecular weight is 419 g/mol. The highest BCUT2D eigenvalue weighted by atomic mass is 127. The van der Waals surface area contributed by atoms with Crippen molar-refractivity contribution in [1.82, 2.24) is 10.6 Å². The fraction of sp³-hybridized carbons (Fsp3) is 0.588. The third-order valence-corrected chi connectivity index (χ3v) is 3.43. The molecule has 22 heavy (non-hydrogen) atoms. The van der Waals surface area contributed by atoms with Crippen LogP contribution in [0.5, 0.6) is 5.75 Å². The van der Waals surface area contributed by atoms with Crippen molar-refractivity contribution in [2.75, 3.05) is 27.2 Å². The van der Waals surface area contributed by atoms with Gasteiger partial charge in [0.15, 0.2) is 5.96 Å². The first kappa shape index (κ1) is 21.0. The molecule has 0 spiro atoms. The van der Waals surface area contributed by atoms with Crippen LogP contribution in [-0.2, 0) is 6.42 Å². The summed E-state index contributed by atoms with van der Waals surface area (Å²) in [6, 6.07) is 8.13. The molecule has 0 aliphatic heterocycles. The lowest BCUT2D eigenvalue weighted by Crippen LogP contribution is -2.38. The van der Waals surface area contributed by atoms with Gasteiger partial charge in [0.2, 0.25) is 0 Å². The van der Waals surface area contributed by atoms with Crippen LogP contribution in [0.2, 0.25) is 0 Å². The Balaban J connectivity index is 0.00000441. The minimum Gasteiger partial charge on any atom is -0.496 e. The highest BCUT2D eigenvalue weighted by Crippen LogP contribution is 2.17. The molecule has 0 bridgehead atoms. The van der Waals surface area contributed by atoms with Crippen molar-refractivity contribution in [3.63, 3.8) is 0 Å². The second-order valence-electron chi connectivity index (χ2n) is 5.05. The number of guanidine groups is 1. The number of hydrogen-bond donors (Lipinski definition) is 2. The van der Waals surface area contributed by atoms with Crippen LogP contribution in [0.25, 0.3) is 0 Å². The number of nitrogens with zero attached hydrogens (tertiary/aromatic N) is 1. The number of rotatable bonds is 9. The van der Waals surface area contributed by atoms with Crippen LogP contribution >= 0.6 is 24.0 Å². The Kier molecular flexibility index (Phi) is 13.1. The SMILES string of the molecule is CCCCCCNC(=NC)NCCc1ccccc1OC.I. The van der Waals surface area contributed by atoms with E-state index in [-0.39, 0.29) is 24.0 Å². The van der Waals surface area contributed by atoms with Gasteiger partial charge in [-0.15, -0.1) is 24.0 Å². The van der Waals surface area contributed by atoms with Gasteiger partial charge in [-0.25, -0.2) is 0 Å². The number of nitrogens with one attached hydrogen (secondary N) is 2. The first-order chi connectivity index (χ1) is 10.3. The Hall–Kier alpha value is -0.980. The quantitative estimate of drug-likeness (QED) is 0.278. The Morgan fingerprint density at radius 2 is 1.82 bits per heavy atom. The molecule has 0 aliphatic rings. The molecule has 0 aromatic heterocycles. The van der Waals surface area contributed by atoms with Gasteiger partial charge in [-0.3, -0.25) is 4.99 Å². The summed E-state index contributed by atoms with van der Waals surface area (Å²) in [5.74, 6) is 1.82. The lowest BCUT2D eigenvalue weighted by Gasteiger charge is -2.13. The molecule has 0 aliphatic carbocycles. The third-order valence-electron chi connectivity index (χ3n) is 3.43. The molecular weight excluding hydrogens is 389 g/mol. The number of aliphatic imine (C=N–C) groups is 1. The van der Waals surface area contributed by atoms with Crippen LogP contribution in [0.1, 0.15) is 38.2 Å². The zero-order chi connectivity index (χ0) is 15.3. The molecule has 0 fully saturated rings. The Morgan fingerprint density at radius 1 is 1.09 bits per heavy atom. The monoisotopic (exact) mass is 419 g/mol. The summed E-state index contributed by atoms with van der Waals surface area (Å²) in [4.78, 5) is 4.24. The van der Waals surface area contributed by atoms with E-state index in [0.717, 1.165) is 31.2 Å². The number of unbranched alkanes of at least 4 members (excludes halogenated alkanes) is 3. The summed E-state index contributed by atoms with van der Waals surface area (Å²) < 4.78 is 5.36. The van der Waals surface area contributed by atoms with Crippen molar-refractivity contribution in [1.29, 1.82) is 0 Å². The van der Waals surface area contributed by atoms with Crippen LogP contribution in [0, 0.1) is 0 Å². The van der Waals surface area contributed by atoms with Gasteiger partial charge in [-0.05, 0) is 24.5 Å². The zero-order valence-corrected chi connectivity index (χ0v) is 16.4. The van der Waals surface area contributed by atoms with Crippen molar-refractivity contribution in [2.24, 2.45) is 4.99 Å². The van der Waals surface area contributed by atoms with E-state index in [4.69, 9.17) is 4.74 Å². The lowest BCUT2D eigenvalue weighted by atomic mass is 10.1. The van der Waals surface area contributed by atoms with E-state index < -0.39 is 0 Å². The third kappa shape index (κ3) is 8.46. The number of para-hydroxylation sites is 1. The molecule has 0 saturated heterocycles. The maximum atomic E-state index is 5.36. The molecule has 4 nitrogen and oxygen atoms in total. The van der Waals surface area contributed by atoms with E-state index >= 15 is 0 Å². The number of benzene rings is 1. The summed E-state index contributed by atoms with van der Waals surface area (Å²) >= 11 is 0. The van der Waals surface area contributed by atoms with E-state index in [1.807, 2.05) is 25.2 Å². The van der Waals surface area contributed by atoms with E-state index in [9.17, 15) is 0 Å². The summed E-state index contributed by atoms with van der Waals surface area (Å²) in [6.07, 6.45) is 5.97. The fourth-order valence-corrected chi connectivity index (χ4v) is 2.20. The second-order valence-corrected chi connectivity index (χ2v) is 5.05. The fourth-order valence-electron chi connectivity index (χ4n) is 2.20. The summed E-state index contributed by atoms with van der Waals surface area (Å²) in [7, 11) is 3.52. The van der Waals surface area contributed by atoms with Gasteiger partial charge >= 0.3 is 0 Å². The van der Waals surface area contributed by atoms with Crippen LogP contribution in [0.15, 0.2) is 29.3 Å². The minimum absolute atomic E-state index is 0. The van der Waals surface area contributed by atoms with Crippen LogP contribution in [0.4, 0.5) is 0 Å². The molecule has 0 saturated carbocycles. The first-order valence-corrected chi connectivity index (χ1v) is 7.88. The van der Waals surface area contributed by atoms with E-state index in [1.165, 1.54) is 31.2 Å². The molecule has 0 amide bonds. The van der Waals surface area contributed by atoms with Gasteiger partial charge in [-0.2, -0.15) is 0 Å². The predicted molar refractivity (Wildman–Crippen MR) is 106 cm³/mol. The zero-order valence-electron chi connectivity index (χ0n) is 14.0. The molecule has 5 heteroatoms. The Bertz CT molecular complexity index is 424. The van der Waals surface area contributed by atoms with Crippen LogP contribution in [0.3, 0.4) is 0 Å². The molecule has 0 unspecified atom stereocenters. The molecule has 1 aromatic carbocycles. The molecular formula is C17H30IN3O. The van der Waals surface area contributed by atoms with Crippen molar-refractivity contribution >= 4 is 29.9 Å². The standard InChI is InChI=1S/C17H29N3O.HI/c1-4-5-6-9-13-19-17(18-2)20-14-12-15-10-7-8-11-16(15)21-3;/h7-8,10-11H,4-6,9,12-14H2,1-3H3,(H2,18,19,20);1H. The van der Waals surface area contributed by atoms with E-state index in [2.05, 4.69) is 28.6 Å². The summed E-state index contributed by atoms with van der Waals surface area (Å²) in [5, 5.41) is 6.69. The number of methoxy groups -OCH3 is 1. The maximum absolute atomic E-state index is 5.36. The molecule has 1 aromatic rings. The first-order valence-electron chi connectivity index (χ1n) is 7.88. The highest BCUT2D eigenvalue weighted by molar-refractivity contribution is 14.0. The minimum atomic E-state index is 0. The maximum Gasteiger partial charge on any atom is 0.190 e. The summed E-state index contributed by atoms with van der Waals surface area (Å²) in [6.45, 7) is 4.05. The van der Waals surface area contributed by atoms with Gasteiger partial charge in [0.1, 0.15) is 5.75 Å². The van der Waals surface area contributed by atoms with Crippen LogP contribution < -0.4 is 15.4 Å². The molecule has 1 rings (SSSR count). The van der Waals surface area contributed by atoms with Gasteiger partial charge in [0.25, 0.3) is 0 Å². The number of halogens is 1. The molecule has 126 valence electrons. The molecule has 0 radical (unpaired) electrons. The van der Waals surface area contributed by atoms with E-state index in [1.54, 1.807) is 7.11 Å². The lowest BCUT2D eigenvalue weighted by molar-refractivity contribution is 0.409. The normalized spacial score (nSPS) is 10.8. The van der Waals surface area contributed by atoms with Crippen molar-refractivity contribution < 1.29 is 4.74 Å². The van der Waals surface area contributed by atoms with Gasteiger partial charge in [0, 0.05) is 20.1 Å². The topological polar surface area (TPSA) is 45.7 Å². The van der Waals surface area contributed by atoms with Gasteiger partial charge in [0.05, 0.1) is 7.11 Å². The number of hydrogen-bond acceptors (Lipinski definition) is 2. The Morgan fingerprint density at radius 3 is 2.50 bits per heavy atom.